The molecule has 0 aliphatic rings. The van der Waals surface area contributed by atoms with Gasteiger partial charge in [0.15, 0.2) is 17.8 Å². The Hall–Kier alpha value is -2.65. The van der Waals surface area contributed by atoms with E-state index in [0.29, 0.717) is 6.73 Å². The number of hydrogen-bond donors (Lipinski definition) is 1. The second-order valence-corrected chi connectivity index (χ2v) is 5.75. The van der Waals surface area contributed by atoms with Gasteiger partial charge in [-0.15, -0.1) is 0 Å². The van der Waals surface area contributed by atoms with Gasteiger partial charge in [0, 0.05) is 7.11 Å². The van der Waals surface area contributed by atoms with Crippen LogP contribution in [0.4, 0.5) is 0 Å². The number of aromatic nitrogens is 2. The average Bonchev–Trinajstić information content (AvgIpc) is 2.93. The van der Waals surface area contributed by atoms with E-state index in [0.717, 1.165) is 17.8 Å². The van der Waals surface area contributed by atoms with Gasteiger partial charge in [-0.25, -0.2) is 9.55 Å². The molecule has 4 aromatic rings. The average molecular weight is 303 g/mol. The Bertz CT molecular complexity index is 966. The lowest BCUT2D eigenvalue weighted by Crippen LogP contribution is -2.38. The van der Waals surface area contributed by atoms with Gasteiger partial charge in [0.1, 0.15) is 0 Å². The first-order valence-electron chi connectivity index (χ1n) is 7.82. The van der Waals surface area contributed by atoms with Crippen LogP contribution in [0.3, 0.4) is 0 Å². The molecule has 0 unspecified atom stereocenters. The van der Waals surface area contributed by atoms with Crippen molar-refractivity contribution < 1.29 is 9.30 Å². The maximum atomic E-state index is 5.40. The quantitative estimate of drug-likeness (QED) is 0.571. The van der Waals surface area contributed by atoms with Crippen LogP contribution in [0.5, 0.6) is 0 Å². The fourth-order valence-corrected chi connectivity index (χ4v) is 3.23. The fourth-order valence-electron chi connectivity index (χ4n) is 3.23. The van der Waals surface area contributed by atoms with Crippen LogP contribution in [-0.4, -0.2) is 12.1 Å². The Morgan fingerprint density at radius 3 is 2.61 bits per heavy atom. The summed E-state index contributed by atoms with van der Waals surface area (Å²) in [5, 5.41) is 2.58. The fraction of sp³-hybridized carbons (Fsp3) is 0.150. The molecule has 0 saturated heterocycles. The number of nitrogens with zero attached hydrogens (tertiary/aromatic N) is 1. The maximum Gasteiger partial charge on any atom is 0.261 e. The van der Waals surface area contributed by atoms with E-state index in [-0.39, 0.29) is 0 Å². The van der Waals surface area contributed by atoms with Crippen molar-refractivity contribution in [2.45, 2.75) is 13.2 Å². The van der Waals surface area contributed by atoms with Crippen molar-refractivity contribution >= 4 is 21.8 Å². The Balaban J connectivity index is 1.84. The van der Waals surface area contributed by atoms with Crippen molar-refractivity contribution in [3.05, 3.63) is 78.1 Å². The number of para-hydroxylation sites is 2. The van der Waals surface area contributed by atoms with Gasteiger partial charge in [0.05, 0.1) is 6.42 Å². The number of rotatable bonds is 4. The largest absolute Gasteiger partial charge is 0.345 e. The van der Waals surface area contributed by atoms with Crippen molar-refractivity contribution in [3.8, 4) is 0 Å². The van der Waals surface area contributed by atoms with Crippen molar-refractivity contribution in [1.82, 2.24) is 4.98 Å². The van der Waals surface area contributed by atoms with Crippen LogP contribution in [0.25, 0.3) is 21.8 Å². The first-order chi connectivity index (χ1) is 11.4. The number of nitrogens with one attached hydrogen (secondary N) is 1. The normalized spacial score (nSPS) is 11.3. The molecule has 0 amide bonds. The number of hydrogen-bond acceptors (Lipinski definition) is 1. The minimum absolute atomic E-state index is 0.546. The van der Waals surface area contributed by atoms with Gasteiger partial charge < -0.3 is 4.74 Å². The summed E-state index contributed by atoms with van der Waals surface area (Å²) >= 11 is 0. The molecule has 1 aromatic heterocycles. The number of fused-ring (bicyclic) bond motifs is 2. The first kappa shape index (κ1) is 14.0. The second kappa shape index (κ2) is 5.86. The van der Waals surface area contributed by atoms with E-state index in [1.54, 1.807) is 7.11 Å². The van der Waals surface area contributed by atoms with E-state index < -0.39 is 0 Å². The molecule has 3 nitrogen and oxygen atoms in total. The van der Waals surface area contributed by atoms with Crippen LogP contribution in [0, 0.1) is 0 Å². The van der Waals surface area contributed by atoms with E-state index in [1.807, 2.05) is 0 Å². The van der Waals surface area contributed by atoms with Crippen LogP contribution in [0.1, 0.15) is 11.4 Å². The molecule has 3 heteroatoms. The van der Waals surface area contributed by atoms with Gasteiger partial charge in [0.2, 0.25) is 0 Å². The second-order valence-electron chi connectivity index (χ2n) is 5.75. The molecular formula is C20H19N2O+. The molecule has 114 valence electrons. The SMILES string of the molecule is COC[n+]1c(Cc2cccc3ccccc23)[nH]c2ccccc21. The zero-order valence-corrected chi connectivity index (χ0v) is 13.1. The number of imidazole rings is 1. The Morgan fingerprint density at radius 1 is 0.913 bits per heavy atom. The highest BCUT2D eigenvalue weighted by atomic mass is 16.5. The molecule has 4 rings (SSSR count). The number of methoxy groups -OCH3 is 1. The molecule has 0 radical (unpaired) electrons. The molecule has 0 aliphatic heterocycles. The third-order valence-corrected chi connectivity index (χ3v) is 4.30. The molecule has 0 aliphatic carbocycles. The smallest absolute Gasteiger partial charge is 0.261 e. The van der Waals surface area contributed by atoms with Crippen molar-refractivity contribution in [2.75, 3.05) is 7.11 Å². The minimum Gasteiger partial charge on any atom is -0.345 e. The lowest BCUT2D eigenvalue weighted by atomic mass is 10.0. The molecule has 0 atom stereocenters. The van der Waals surface area contributed by atoms with E-state index in [9.17, 15) is 0 Å². The molecule has 0 fully saturated rings. The van der Waals surface area contributed by atoms with Gasteiger partial charge in [-0.3, -0.25) is 0 Å². The topological polar surface area (TPSA) is 28.9 Å². The zero-order valence-electron chi connectivity index (χ0n) is 13.1. The summed E-state index contributed by atoms with van der Waals surface area (Å²) in [7, 11) is 1.73. The van der Waals surface area contributed by atoms with Gasteiger partial charge >= 0.3 is 0 Å². The van der Waals surface area contributed by atoms with Gasteiger partial charge in [-0.2, -0.15) is 0 Å². The van der Waals surface area contributed by atoms with Crippen LogP contribution < -0.4 is 4.57 Å². The summed E-state index contributed by atoms with van der Waals surface area (Å²) in [5.74, 6) is 1.16. The lowest BCUT2D eigenvalue weighted by molar-refractivity contribution is -0.713. The van der Waals surface area contributed by atoms with Gasteiger partial charge in [-0.05, 0) is 28.5 Å². The highest BCUT2D eigenvalue weighted by molar-refractivity contribution is 5.85. The monoisotopic (exact) mass is 303 g/mol. The van der Waals surface area contributed by atoms with E-state index in [2.05, 4.69) is 76.3 Å². The van der Waals surface area contributed by atoms with Crippen LogP contribution in [0.2, 0.25) is 0 Å². The maximum absolute atomic E-state index is 5.40. The number of aromatic amines is 1. The summed E-state index contributed by atoms with van der Waals surface area (Å²) in [6.07, 6.45) is 0.847. The predicted octanol–water partition coefficient (Wildman–Crippen LogP) is 3.80. The van der Waals surface area contributed by atoms with E-state index >= 15 is 0 Å². The molecule has 23 heavy (non-hydrogen) atoms. The highest BCUT2D eigenvalue weighted by Crippen LogP contribution is 2.21. The van der Waals surface area contributed by atoms with E-state index in [1.165, 1.54) is 21.9 Å². The number of H-pyrrole nitrogens is 1. The molecule has 1 heterocycles. The Labute approximate surface area is 135 Å². The lowest BCUT2D eigenvalue weighted by Gasteiger charge is -2.05. The molecule has 0 saturated carbocycles. The van der Waals surface area contributed by atoms with E-state index in [4.69, 9.17) is 4.74 Å². The third kappa shape index (κ3) is 2.49. The standard InChI is InChI=1S/C20H18N2O/c1-23-14-22-19-12-5-4-11-18(19)21-20(22)13-16-9-6-8-15-7-2-3-10-17(15)16/h2-12H,13-14H2,1H3/p+1. The molecule has 0 spiro atoms. The minimum atomic E-state index is 0.546. The summed E-state index contributed by atoms with van der Waals surface area (Å²) < 4.78 is 7.61. The Kier molecular flexibility index (Phi) is 3.56. The van der Waals surface area contributed by atoms with Crippen molar-refractivity contribution in [3.63, 3.8) is 0 Å². The summed E-state index contributed by atoms with van der Waals surface area (Å²) in [6, 6.07) is 23.4. The number of benzene rings is 3. The molecular weight excluding hydrogens is 284 g/mol. The summed E-state index contributed by atoms with van der Waals surface area (Å²) in [4.78, 5) is 3.55. The van der Waals surface area contributed by atoms with Crippen LogP contribution >= 0.6 is 0 Å². The zero-order chi connectivity index (χ0) is 15.6. The van der Waals surface area contributed by atoms with Gasteiger partial charge in [-0.1, -0.05) is 54.6 Å². The summed E-state index contributed by atoms with van der Waals surface area (Å²) in [6.45, 7) is 0.546. The molecule has 1 N–H and O–H groups in total. The van der Waals surface area contributed by atoms with Crippen LogP contribution in [0.15, 0.2) is 66.7 Å². The first-order valence-corrected chi connectivity index (χ1v) is 7.82. The van der Waals surface area contributed by atoms with Gasteiger partial charge in [0.25, 0.3) is 5.82 Å². The van der Waals surface area contributed by atoms with Crippen molar-refractivity contribution in [2.24, 2.45) is 0 Å². The number of ether oxygens (including phenoxy) is 1. The molecule has 3 aromatic carbocycles. The predicted molar refractivity (Wildman–Crippen MR) is 92.3 cm³/mol. The molecule has 0 bridgehead atoms. The highest BCUT2D eigenvalue weighted by Gasteiger charge is 2.18. The Morgan fingerprint density at radius 2 is 1.70 bits per heavy atom. The van der Waals surface area contributed by atoms with Crippen molar-refractivity contribution in [1.29, 1.82) is 0 Å². The van der Waals surface area contributed by atoms with Crippen LogP contribution in [-0.2, 0) is 17.9 Å². The third-order valence-electron chi connectivity index (χ3n) is 4.30. The summed E-state index contributed by atoms with van der Waals surface area (Å²) in [5.41, 5.74) is 3.63.